The van der Waals surface area contributed by atoms with E-state index in [2.05, 4.69) is 13.8 Å². The molecular weight excluding hydrogens is 286 g/mol. The van der Waals surface area contributed by atoms with Crippen molar-refractivity contribution in [1.82, 2.24) is 4.90 Å². The van der Waals surface area contributed by atoms with E-state index in [4.69, 9.17) is 0 Å². The van der Waals surface area contributed by atoms with Crippen LogP contribution < -0.4 is 0 Å². The van der Waals surface area contributed by atoms with Crippen LogP contribution in [-0.2, 0) is 9.59 Å². The van der Waals surface area contributed by atoms with Crippen molar-refractivity contribution in [3.63, 3.8) is 0 Å². The minimum absolute atomic E-state index is 0.0401. The summed E-state index contributed by atoms with van der Waals surface area (Å²) in [4.78, 5) is 26.3. The summed E-state index contributed by atoms with van der Waals surface area (Å²) in [7, 11) is 0. The molecule has 1 aliphatic carbocycles. The lowest BCUT2D eigenvalue weighted by Crippen LogP contribution is -2.46. The lowest BCUT2D eigenvalue weighted by atomic mass is 9.77. The topological polar surface area (TPSA) is 57.6 Å². The highest BCUT2D eigenvalue weighted by atomic mass is 32.2. The van der Waals surface area contributed by atoms with Crippen LogP contribution in [-0.4, -0.2) is 45.5 Å². The number of thioether (sulfide) groups is 1. The molecule has 2 rings (SSSR count). The zero-order valence-electron chi connectivity index (χ0n) is 13.1. The summed E-state index contributed by atoms with van der Waals surface area (Å²) in [5.74, 6) is -0.733. The number of carbonyl (C=O) groups is 2. The Bertz CT molecular complexity index is 381. The van der Waals surface area contributed by atoms with Gasteiger partial charge in [-0.05, 0) is 12.8 Å². The van der Waals surface area contributed by atoms with Crippen LogP contribution in [0.25, 0.3) is 0 Å². The van der Waals surface area contributed by atoms with Crippen molar-refractivity contribution in [3.05, 3.63) is 0 Å². The van der Waals surface area contributed by atoms with Crippen LogP contribution in [0.15, 0.2) is 0 Å². The first-order chi connectivity index (χ1) is 9.93. The SMILES string of the molecule is CC1CN(C(=O)CC2(C(=O)O)CCCCCC2)CC(C)S1. The third-order valence-electron chi connectivity index (χ3n) is 4.78. The quantitative estimate of drug-likeness (QED) is 0.813. The van der Waals surface area contributed by atoms with E-state index in [1.165, 1.54) is 0 Å². The van der Waals surface area contributed by atoms with E-state index < -0.39 is 11.4 Å². The van der Waals surface area contributed by atoms with Crippen LogP contribution >= 0.6 is 11.8 Å². The molecule has 4 nitrogen and oxygen atoms in total. The molecule has 120 valence electrons. The number of rotatable bonds is 3. The average molecular weight is 313 g/mol. The second kappa shape index (κ2) is 7.03. The smallest absolute Gasteiger partial charge is 0.310 e. The molecule has 0 aromatic carbocycles. The van der Waals surface area contributed by atoms with E-state index >= 15 is 0 Å². The van der Waals surface area contributed by atoms with Gasteiger partial charge in [-0.3, -0.25) is 9.59 Å². The van der Waals surface area contributed by atoms with Gasteiger partial charge < -0.3 is 10.0 Å². The molecule has 1 saturated carbocycles. The molecule has 2 unspecified atom stereocenters. The number of carbonyl (C=O) groups excluding carboxylic acids is 1. The summed E-state index contributed by atoms with van der Waals surface area (Å²) in [6, 6.07) is 0. The van der Waals surface area contributed by atoms with Gasteiger partial charge in [0, 0.05) is 30.0 Å². The lowest BCUT2D eigenvalue weighted by Gasteiger charge is -2.37. The van der Waals surface area contributed by atoms with Crippen LogP contribution in [0.3, 0.4) is 0 Å². The second-order valence-electron chi connectivity index (χ2n) is 6.73. The highest BCUT2D eigenvalue weighted by molar-refractivity contribution is 8.00. The molecule has 1 saturated heterocycles. The van der Waals surface area contributed by atoms with E-state index in [0.717, 1.165) is 38.8 Å². The van der Waals surface area contributed by atoms with Crippen LogP contribution in [0.1, 0.15) is 58.8 Å². The highest BCUT2D eigenvalue weighted by Crippen LogP contribution is 2.39. The fraction of sp³-hybridized carbons (Fsp3) is 0.875. The largest absolute Gasteiger partial charge is 0.481 e. The number of carboxylic acids is 1. The zero-order valence-corrected chi connectivity index (χ0v) is 14.0. The van der Waals surface area contributed by atoms with E-state index in [1.807, 2.05) is 16.7 Å². The summed E-state index contributed by atoms with van der Waals surface area (Å²) < 4.78 is 0. The molecule has 2 aliphatic rings. The Kier molecular flexibility index (Phi) is 5.58. The Morgan fingerprint density at radius 1 is 1.10 bits per heavy atom. The normalized spacial score (nSPS) is 29.7. The Morgan fingerprint density at radius 3 is 2.10 bits per heavy atom. The molecule has 0 aromatic rings. The minimum atomic E-state index is -0.815. The van der Waals surface area contributed by atoms with Gasteiger partial charge in [0.25, 0.3) is 0 Å². The fourth-order valence-electron chi connectivity index (χ4n) is 3.65. The first-order valence-electron chi connectivity index (χ1n) is 8.09. The molecule has 1 amide bonds. The Labute approximate surface area is 131 Å². The molecule has 21 heavy (non-hydrogen) atoms. The van der Waals surface area contributed by atoms with E-state index in [-0.39, 0.29) is 12.3 Å². The zero-order chi connectivity index (χ0) is 15.5. The molecule has 1 heterocycles. The number of carboxylic acid groups (broad SMARTS) is 1. The number of aliphatic carboxylic acids is 1. The Morgan fingerprint density at radius 2 is 1.62 bits per heavy atom. The molecule has 0 bridgehead atoms. The van der Waals surface area contributed by atoms with Crippen LogP contribution in [0.5, 0.6) is 0 Å². The average Bonchev–Trinajstić information content (AvgIpc) is 2.64. The van der Waals surface area contributed by atoms with E-state index in [0.29, 0.717) is 23.3 Å². The van der Waals surface area contributed by atoms with Crippen LogP contribution in [0.4, 0.5) is 0 Å². The second-order valence-corrected chi connectivity index (χ2v) is 8.61. The van der Waals surface area contributed by atoms with Crippen molar-refractivity contribution in [2.24, 2.45) is 5.41 Å². The molecule has 0 aromatic heterocycles. The standard InChI is InChI=1S/C16H27NO3S/c1-12-10-17(11-13(2)21-12)14(18)9-16(15(19)20)7-5-3-4-6-8-16/h12-13H,3-11H2,1-2H3,(H,19,20). The van der Waals surface area contributed by atoms with Crippen LogP contribution in [0.2, 0.25) is 0 Å². The molecule has 1 aliphatic heterocycles. The van der Waals surface area contributed by atoms with Gasteiger partial charge in [-0.15, -0.1) is 0 Å². The highest BCUT2D eigenvalue weighted by Gasteiger charge is 2.42. The van der Waals surface area contributed by atoms with Gasteiger partial charge in [-0.1, -0.05) is 39.5 Å². The van der Waals surface area contributed by atoms with Gasteiger partial charge in [0.1, 0.15) is 0 Å². The van der Waals surface area contributed by atoms with Gasteiger partial charge in [-0.2, -0.15) is 11.8 Å². The third kappa shape index (κ3) is 4.15. The van der Waals surface area contributed by atoms with Crippen molar-refractivity contribution < 1.29 is 14.7 Å². The maximum Gasteiger partial charge on any atom is 0.310 e. The van der Waals surface area contributed by atoms with Gasteiger partial charge >= 0.3 is 5.97 Å². The number of hydrogen-bond acceptors (Lipinski definition) is 3. The van der Waals surface area contributed by atoms with Gasteiger partial charge in [0.05, 0.1) is 5.41 Å². The van der Waals surface area contributed by atoms with Gasteiger partial charge in [0.2, 0.25) is 5.91 Å². The Hall–Kier alpha value is -0.710. The summed E-state index contributed by atoms with van der Waals surface area (Å²) in [5.41, 5.74) is -0.815. The number of hydrogen-bond donors (Lipinski definition) is 1. The predicted molar refractivity (Wildman–Crippen MR) is 85.5 cm³/mol. The number of amides is 1. The monoisotopic (exact) mass is 313 g/mol. The fourth-order valence-corrected chi connectivity index (χ4v) is 4.98. The molecule has 5 heteroatoms. The summed E-state index contributed by atoms with van der Waals surface area (Å²) in [6.07, 6.45) is 5.55. The van der Waals surface area contributed by atoms with Crippen LogP contribution in [0, 0.1) is 5.41 Å². The first kappa shape index (κ1) is 16.7. The molecule has 0 spiro atoms. The van der Waals surface area contributed by atoms with Crippen molar-refractivity contribution >= 4 is 23.6 Å². The third-order valence-corrected chi connectivity index (χ3v) is 6.00. The molecule has 1 N–H and O–H groups in total. The summed E-state index contributed by atoms with van der Waals surface area (Å²) in [6.45, 7) is 5.78. The first-order valence-corrected chi connectivity index (χ1v) is 9.04. The maximum absolute atomic E-state index is 12.6. The lowest BCUT2D eigenvalue weighted by molar-refractivity contribution is -0.154. The molecular formula is C16H27NO3S. The summed E-state index contributed by atoms with van der Waals surface area (Å²) in [5, 5.41) is 10.6. The molecule has 0 radical (unpaired) electrons. The van der Waals surface area contributed by atoms with Crippen molar-refractivity contribution in [1.29, 1.82) is 0 Å². The maximum atomic E-state index is 12.6. The van der Waals surface area contributed by atoms with E-state index in [9.17, 15) is 14.7 Å². The van der Waals surface area contributed by atoms with Gasteiger partial charge in [-0.25, -0.2) is 0 Å². The number of nitrogens with zero attached hydrogens (tertiary/aromatic N) is 1. The minimum Gasteiger partial charge on any atom is -0.481 e. The van der Waals surface area contributed by atoms with Crippen molar-refractivity contribution in [3.8, 4) is 0 Å². The molecule has 2 fully saturated rings. The van der Waals surface area contributed by atoms with Crippen molar-refractivity contribution in [2.75, 3.05) is 13.1 Å². The Balaban J connectivity index is 2.05. The van der Waals surface area contributed by atoms with Crippen molar-refractivity contribution in [2.45, 2.75) is 69.3 Å². The van der Waals surface area contributed by atoms with Gasteiger partial charge in [0.15, 0.2) is 0 Å². The van der Waals surface area contributed by atoms with E-state index in [1.54, 1.807) is 0 Å². The molecule has 2 atom stereocenters. The predicted octanol–water partition coefficient (Wildman–Crippen LogP) is 3.15. The summed E-state index contributed by atoms with van der Waals surface area (Å²) >= 11 is 1.91.